The number of carbonyl (C=O) groups excluding carboxylic acids is 1. The Morgan fingerprint density at radius 2 is 1.86 bits per heavy atom. The van der Waals surface area contributed by atoms with E-state index >= 15 is 0 Å². The van der Waals surface area contributed by atoms with Crippen LogP contribution in [-0.2, 0) is 27.4 Å². The first kappa shape index (κ1) is 19.9. The predicted octanol–water partition coefficient (Wildman–Crippen LogP) is 2.37. The Bertz CT molecular complexity index is 806. The molecule has 6 nitrogen and oxygen atoms in total. The molecule has 1 unspecified atom stereocenters. The summed E-state index contributed by atoms with van der Waals surface area (Å²) in [6.07, 6.45) is 0.903. The number of hydrogen-bond acceptors (Lipinski definition) is 5. The smallest absolute Gasteiger partial charge is 0.234 e. The third-order valence-corrected chi connectivity index (χ3v) is 5.49. The molecule has 2 aliphatic rings. The van der Waals surface area contributed by atoms with Crippen LogP contribution in [0.25, 0.3) is 0 Å². The molecule has 0 saturated carbocycles. The van der Waals surface area contributed by atoms with E-state index in [-0.39, 0.29) is 11.5 Å². The van der Waals surface area contributed by atoms with Gasteiger partial charge in [0.1, 0.15) is 18.0 Å². The summed E-state index contributed by atoms with van der Waals surface area (Å²) in [6.45, 7) is 4.89. The summed E-state index contributed by atoms with van der Waals surface area (Å²) < 4.78 is 17.3. The lowest BCUT2D eigenvalue weighted by Gasteiger charge is -2.39. The summed E-state index contributed by atoms with van der Waals surface area (Å²) in [6, 6.07) is 17.8. The Morgan fingerprint density at radius 1 is 1.07 bits per heavy atom. The molecular weight excluding hydrogens is 368 g/mol. The number of ether oxygens (including phenoxy) is 3. The fraction of sp³-hybridized carbons (Fsp3) is 0.435. The molecule has 2 aromatic rings. The molecule has 2 fully saturated rings. The molecule has 0 aromatic heterocycles. The summed E-state index contributed by atoms with van der Waals surface area (Å²) in [7, 11) is 0. The van der Waals surface area contributed by atoms with Crippen molar-refractivity contribution in [2.24, 2.45) is 0 Å². The maximum Gasteiger partial charge on any atom is 0.234 e. The lowest BCUT2D eigenvalue weighted by Crippen LogP contribution is -2.54. The normalized spacial score (nSPS) is 21.9. The van der Waals surface area contributed by atoms with E-state index in [1.807, 2.05) is 54.6 Å². The van der Waals surface area contributed by atoms with Gasteiger partial charge in [-0.05, 0) is 23.3 Å². The molecule has 6 heteroatoms. The molecule has 2 heterocycles. The molecule has 2 aromatic carbocycles. The van der Waals surface area contributed by atoms with Crippen LogP contribution in [0.3, 0.4) is 0 Å². The topological polar surface area (TPSA) is 60.0 Å². The van der Waals surface area contributed by atoms with Crippen LogP contribution >= 0.6 is 0 Å². The van der Waals surface area contributed by atoms with Crippen molar-refractivity contribution >= 4 is 5.91 Å². The summed E-state index contributed by atoms with van der Waals surface area (Å²) in [5.74, 6) is 0.864. The molecule has 154 valence electrons. The van der Waals surface area contributed by atoms with Gasteiger partial charge in [0, 0.05) is 32.7 Å². The van der Waals surface area contributed by atoms with E-state index in [2.05, 4.69) is 10.2 Å². The molecule has 2 aliphatic heterocycles. The first-order valence-corrected chi connectivity index (χ1v) is 10.2. The Kier molecular flexibility index (Phi) is 6.44. The second-order valence-corrected chi connectivity index (χ2v) is 7.69. The zero-order chi connectivity index (χ0) is 19.9. The predicted molar refractivity (Wildman–Crippen MR) is 110 cm³/mol. The van der Waals surface area contributed by atoms with Gasteiger partial charge in [-0.15, -0.1) is 0 Å². The zero-order valence-electron chi connectivity index (χ0n) is 16.6. The van der Waals surface area contributed by atoms with Crippen LogP contribution < -0.4 is 10.1 Å². The molecule has 1 atom stereocenters. The van der Waals surface area contributed by atoms with Crippen molar-refractivity contribution in [3.05, 3.63) is 65.7 Å². The van der Waals surface area contributed by atoms with Gasteiger partial charge >= 0.3 is 0 Å². The average Bonchev–Trinajstić information content (AvgIpc) is 3.19. The number of para-hydroxylation sites is 1. The number of carbonyl (C=O) groups is 1. The third kappa shape index (κ3) is 5.35. The van der Waals surface area contributed by atoms with Crippen LogP contribution in [0.15, 0.2) is 54.6 Å². The Hall–Kier alpha value is -2.41. The van der Waals surface area contributed by atoms with Gasteiger partial charge in [-0.3, -0.25) is 9.69 Å². The maximum atomic E-state index is 12.5. The van der Waals surface area contributed by atoms with Gasteiger partial charge in [-0.25, -0.2) is 0 Å². The number of nitrogens with one attached hydrogen (secondary N) is 1. The molecule has 0 bridgehead atoms. The van der Waals surface area contributed by atoms with Crippen molar-refractivity contribution in [1.29, 1.82) is 0 Å². The fourth-order valence-electron chi connectivity index (χ4n) is 3.89. The number of benzene rings is 2. The van der Waals surface area contributed by atoms with Crippen molar-refractivity contribution in [2.45, 2.75) is 25.2 Å². The average molecular weight is 396 g/mol. The van der Waals surface area contributed by atoms with Crippen LogP contribution in [0, 0.1) is 0 Å². The van der Waals surface area contributed by atoms with E-state index in [1.54, 1.807) is 0 Å². The van der Waals surface area contributed by atoms with E-state index < -0.39 is 0 Å². The van der Waals surface area contributed by atoms with Crippen molar-refractivity contribution in [3.63, 3.8) is 0 Å². The minimum absolute atomic E-state index is 0.0275. The van der Waals surface area contributed by atoms with Crippen LogP contribution in [0.2, 0.25) is 0 Å². The second-order valence-electron chi connectivity index (χ2n) is 7.69. The quantitative estimate of drug-likeness (QED) is 0.779. The highest BCUT2D eigenvalue weighted by Crippen LogP contribution is 2.27. The monoisotopic (exact) mass is 396 g/mol. The van der Waals surface area contributed by atoms with Gasteiger partial charge in [0.2, 0.25) is 5.91 Å². The molecule has 2 saturated heterocycles. The molecule has 4 rings (SSSR count). The van der Waals surface area contributed by atoms with Gasteiger partial charge in [-0.1, -0.05) is 42.5 Å². The highest BCUT2D eigenvalue weighted by molar-refractivity contribution is 5.78. The minimum Gasteiger partial charge on any atom is -0.489 e. The van der Waals surface area contributed by atoms with Gasteiger partial charge in [0.05, 0.1) is 19.8 Å². The maximum absolute atomic E-state index is 12.5. The zero-order valence-corrected chi connectivity index (χ0v) is 16.6. The standard InChI is InChI=1S/C23H28N2O4/c26-22(15-25-11-13-29-23(17-25)10-12-27-18-23)24-14-19-6-4-5-7-20(19)16-28-21-8-2-1-3-9-21/h1-9H,10-18H2,(H,24,26). The van der Waals surface area contributed by atoms with E-state index in [9.17, 15) is 4.79 Å². The fourth-order valence-corrected chi connectivity index (χ4v) is 3.89. The number of amides is 1. The lowest BCUT2D eigenvalue weighted by molar-refractivity contribution is -0.131. The van der Waals surface area contributed by atoms with Gasteiger partial charge in [0.25, 0.3) is 0 Å². The van der Waals surface area contributed by atoms with Crippen molar-refractivity contribution < 1.29 is 19.0 Å². The summed E-state index contributed by atoms with van der Waals surface area (Å²) >= 11 is 0. The van der Waals surface area contributed by atoms with Crippen molar-refractivity contribution in [1.82, 2.24) is 10.2 Å². The summed E-state index contributed by atoms with van der Waals surface area (Å²) in [4.78, 5) is 14.7. The molecule has 0 radical (unpaired) electrons. The number of nitrogens with zero attached hydrogens (tertiary/aromatic N) is 1. The Balaban J connectivity index is 1.28. The van der Waals surface area contributed by atoms with Gasteiger partial charge in [0.15, 0.2) is 0 Å². The molecule has 0 aliphatic carbocycles. The number of rotatable bonds is 7. The first-order valence-electron chi connectivity index (χ1n) is 10.2. The summed E-state index contributed by atoms with van der Waals surface area (Å²) in [5, 5.41) is 3.06. The number of morpholine rings is 1. The van der Waals surface area contributed by atoms with Crippen LogP contribution in [-0.4, -0.2) is 55.9 Å². The van der Waals surface area contributed by atoms with Crippen LogP contribution in [0.1, 0.15) is 17.5 Å². The first-order chi connectivity index (χ1) is 14.2. The minimum atomic E-state index is -0.222. The highest BCUT2D eigenvalue weighted by atomic mass is 16.6. The van der Waals surface area contributed by atoms with Crippen molar-refractivity contribution in [2.75, 3.05) is 39.5 Å². The lowest BCUT2D eigenvalue weighted by atomic mass is 10.0. The van der Waals surface area contributed by atoms with Gasteiger partial charge < -0.3 is 19.5 Å². The third-order valence-electron chi connectivity index (χ3n) is 5.49. The molecule has 29 heavy (non-hydrogen) atoms. The molecule has 1 spiro atoms. The Morgan fingerprint density at radius 3 is 2.66 bits per heavy atom. The van der Waals surface area contributed by atoms with E-state index in [4.69, 9.17) is 14.2 Å². The largest absolute Gasteiger partial charge is 0.489 e. The summed E-state index contributed by atoms with van der Waals surface area (Å²) in [5.41, 5.74) is 1.92. The molecule has 1 N–H and O–H groups in total. The SMILES string of the molecule is O=C(CN1CCOC2(CCOC2)C1)NCc1ccccc1COc1ccccc1. The number of hydrogen-bond donors (Lipinski definition) is 1. The van der Waals surface area contributed by atoms with Gasteiger partial charge in [-0.2, -0.15) is 0 Å². The highest BCUT2D eigenvalue weighted by Gasteiger charge is 2.40. The van der Waals surface area contributed by atoms with E-state index in [0.717, 1.165) is 43.0 Å². The van der Waals surface area contributed by atoms with Crippen LogP contribution in [0.5, 0.6) is 5.75 Å². The van der Waals surface area contributed by atoms with Crippen molar-refractivity contribution in [3.8, 4) is 5.75 Å². The van der Waals surface area contributed by atoms with Crippen LogP contribution in [0.4, 0.5) is 0 Å². The van der Waals surface area contributed by atoms with E-state index in [1.165, 1.54) is 0 Å². The second kappa shape index (κ2) is 9.39. The van der Waals surface area contributed by atoms with E-state index in [0.29, 0.717) is 32.9 Å². The molecule has 1 amide bonds. The Labute approximate surface area is 171 Å². The molecular formula is C23H28N2O4.